The van der Waals surface area contributed by atoms with E-state index in [0.717, 1.165) is 36.8 Å². The fourth-order valence-corrected chi connectivity index (χ4v) is 5.53. The lowest BCUT2D eigenvalue weighted by Gasteiger charge is -2.23. The highest BCUT2D eigenvalue weighted by Gasteiger charge is 2.40. The highest BCUT2D eigenvalue weighted by Crippen LogP contribution is 2.48. The van der Waals surface area contributed by atoms with E-state index < -0.39 is 5.97 Å². The summed E-state index contributed by atoms with van der Waals surface area (Å²) in [4.78, 5) is 43.6. The Kier molecular flexibility index (Phi) is 14.8. The van der Waals surface area contributed by atoms with Crippen molar-refractivity contribution in [2.45, 2.75) is 78.4 Å². The van der Waals surface area contributed by atoms with Gasteiger partial charge in [-0.3, -0.25) is 19.2 Å². The van der Waals surface area contributed by atoms with Crippen LogP contribution < -0.4 is 0 Å². The molecule has 2 saturated carbocycles. The van der Waals surface area contributed by atoms with Crippen LogP contribution in [0, 0.1) is 23.7 Å². The molecule has 11 heteroatoms. The number of esters is 3. The van der Waals surface area contributed by atoms with E-state index in [-0.39, 0.29) is 65.6 Å². The molecule has 10 nitrogen and oxygen atoms in total. The number of carbonyl (C=O) groups is 4. The number of halogens is 1. The summed E-state index contributed by atoms with van der Waals surface area (Å²) in [5.41, 5.74) is 2.92. The molecular weight excluding hydrogens is 604 g/mol. The van der Waals surface area contributed by atoms with Crippen LogP contribution in [0.2, 0.25) is 0 Å². The molecule has 2 aromatic rings. The fourth-order valence-electron chi connectivity index (χ4n) is 5.53. The summed E-state index contributed by atoms with van der Waals surface area (Å²) in [5, 5.41) is 28.7. The summed E-state index contributed by atoms with van der Waals surface area (Å²) in [6.07, 6.45) is 4.38. The van der Waals surface area contributed by atoms with Crippen molar-refractivity contribution in [2.75, 3.05) is 14.2 Å². The Balaban J connectivity index is 0.000000283. The van der Waals surface area contributed by atoms with Gasteiger partial charge in [-0.2, -0.15) is 0 Å². The van der Waals surface area contributed by atoms with Gasteiger partial charge in [0, 0.05) is 25.0 Å². The van der Waals surface area contributed by atoms with Gasteiger partial charge in [-0.25, -0.2) is 0 Å². The van der Waals surface area contributed by atoms with Gasteiger partial charge in [0.1, 0.15) is 18.1 Å². The predicted molar refractivity (Wildman–Crippen MR) is 167 cm³/mol. The van der Waals surface area contributed by atoms with Crippen LogP contribution in [0.15, 0.2) is 36.4 Å². The molecule has 2 aromatic carbocycles. The maximum absolute atomic E-state index is 11.8. The zero-order valence-corrected chi connectivity index (χ0v) is 27.5. The van der Waals surface area contributed by atoms with Crippen LogP contribution >= 0.6 is 11.6 Å². The van der Waals surface area contributed by atoms with Crippen LogP contribution in [0.4, 0.5) is 0 Å². The molecular formula is C34H45ClO10. The Morgan fingerprint density at radius 2 is 1.16 bits per heavy atom. The second kappa shape index (κ2) is 17.8. The van der Waals surface area contributed by atoms with E-state index in [1.54, 1.807) is 24.3 Å². The molecule has 248 valence electrons. The van der Waals surface area contributed by atoms with E-state index in [2.05, 4.69) is 11.6 Å². The van der Waals surface area contributed by atoms with E-state index in [1.165, 1.54) is 28.1 Å². The van der Waals surface area contributed by atoms with Crippen molar-refractivity contribution in [3.63, 3.8) is 0 Å². The third-order valence-electron chi connectivity index (χ3n) is 8.07. The molecule has 0 radical (unpaired) electrons. The lowest BCUT2D eigenvalue weighted by atomic mass is 9.83. The lowest BCUT2D eigenvalue weighted by Crippen LogP contribution is -2.22. The van der Waals surface area contributed by atoms with Crippen molar-refractivity contribution >= 4 is 34.8 Å². The molecule has 0 spiro atoms. The minimum absolute atomic E-state index is 0.0427. The molecule has 4 atom stereocenters. The maximum Gasteiger partial charge on any atom is 0.309 e. The van der Waals surface area contributed by atoms with E-state index in [0.29, 0.717) is 23.0 Å². The first kappa shape index (κ1) is 37.6. The Morgan fingerprint density at radius 3 is 1.44 bits per heavy atom. The van der Waals surface area contributed by atoms with Gasteiger partial charge in [-0.15, -0.1) is 0 Å². The maximum atomic E-state index is 11.8. The van der Waals surface area contributed by atoms with E-state index in [9.17, 15) is 29.4 Å². The summed E-state index contributed by atoms with van der Waals surface area (Å²) in [6, 6.07) is 10.6. The number of ether oxygens (including phenoxy) is 3. The molecule has 2 fully saturated rings. The van der Waals surface area contributed by atoms with E-state index in [4.69, 9.17) is 19.3 Å². The Bertz CT molecular complexity index is 1310. The van der Waals surface area contributed by atoms with Gasteiger partial charge in [0.05, 0.1) is 32.7 Å². The lowest BCUT2D eigenvalue weighted by molar-refractivity contribution is -0.146. The SMILES string of the molecule is CC(=O)Cl.COC(=O)[C@@H](C)[C@H](c1ccc(CO)c(O)c1)C1CC1.COC(=O)[C@@H](C)[C@H](c1ccc(COC(C)=O)c(O)c1)C1CC1. The van der Waals surface area contributed by atoms with Crippen molar-refractivity contribution < 1.29 is 48.7 Å². The molecule has 0 saturated heterocycles. The summed E-state index contributed by atoms with van der Waals surface area (Å²) in [7, 11) is 2.79. The highest BCUT2D eigenvalue weighted by molar-refractivity contribution is 6.62. The second-order valence-electron chi connectivity index (χ2n) is 11.5. The number of methoxy groups -OCH3 is 2. The standard InChI is InChI=1S/C17H22O5.C15H20O4.C2H3ClO/c1-10(17(20)21-3)16(12-4-5-12)13-6-7-14(15(19)8-13)9-22-11(2)18;1-9(15(18)19-2)14(10-3-4-10)11-5-6-12(8-16)13(17)7-11;1-2(3)4/h6-8,10,12,16,19H,4-5,9H2,1-3H3;5-7,9-10,14,16-17H,3-4,8H2,1-2H3;1H3/t10-,16-;9-,14-;/m00./s1. The molecule has 0 aromatic heterocycles. The number of carbonyl (C=O) groups excluding carboxylic acids is 4. The molecule has 0 bridgehead atoms. The summed E-state index contributed by atoms with van der Waals surface area (Å²) >= 11 is 4.64. The van der Waals surface area contributed by atoms with Crippen LogP contribution in [0.3, 0.4) is 0 Å². The minimum Gasteiger partial charge on any atom is -0.508 e. The molecule has 4 rings (SSSR count). The summed E-state index contributed by atoms with van der Waals surface area (Å²) in [6.45, 7) is 6.20. The van der Waals surface area contributed by atoms with Crippen LogP contribution in [0.5, 0.6) is 11.5 Å². The van der Waals surface area contributed by atoms with E-state index >= 15 is 0 Å². The molecule has 0 amide bonds. The zero-order chi connectivity index (χ0) is 33.8. The largest absolute Gasteiger partial charge is 0.508 e. The topological polar surface area (TPSA) is 157 Å². The molecule has 2 aliphatic carbocycles. The Labute approximate surface area is 269 Å². The number of aliphatic hydroxyl groups is 1. The minimum atomic E-state index is -0.390. The van der Waals surface area contributed by atoms with Crippen molar-refractivity contribution in [3.8, 4) is 11.5 Å². The third kappa shape index (κ3) is 11.7. The summed E-state index contributed by atoms with van der Waals surface area (Å²) in [5.74, 6) is -0.104. The first-order valence-corrected chi connectivity index (χ1v) is 15.3. The van der Waals surface area contributed by atoms with Gasteiger partial charge in [0.15, 0.2) is 0 Å². The van der Waals surface area contributed by atoms with Gasteiger partial charge >= 0.3 is 17.9 Å². The van der Waals surface area contributed by atoms with E-state index in [1.807, 2.05) is 26.0 Å². The normalized spacial score (nSPS) is 16.3. The number of aromatic hydroxyl groups is 2. The third-order valence-corrected chi connectivity index (χ3v) is 8.07. The van der Waals surface area contributed by atoms with Crippen molar-refractivity contribution in [1.29, 1.82) is 0 Å². The number of hydrogen-bond acceptors (Lipinski definition) is 10. The molecule has 45 heavy (non-hydrogen) atoms. The average molecular weight is 649 g/mol. The number of hydrogen-bond donors (Lipinski definition) is 3. The number of benzene rings is 2. The van der Waals surface area contributed by atoms with Crippen molar-refractivity contribution in [1.82, 2.24) is 0 Å². The number of phenolic OH excluding ortho intramolecular Hbond substituents is 1. The Hall–Kier alpha value is -3.63. The van der Waals surface area contributed by atoms with Crippen LogP contribution in [0.25, 0.3) is 0 Å². The van der Waals surface area contributed by atoms with Gasteiger partial charge < -0.3 is 29.5 Å². The first-order chi connectivity index (χ1) is 21.2. The second-order valence-corrected chi connectivity index (χ2v) is 12.1. The van der Waals surface area contributed by atoms with Gasteiger partial charge in [-0.1, -0.05) is 38.1 Å². The molecule has 0 heterocycles. The monoisotopic (exact) mass is 648 g/mol. The molecule has 3 N–H and O–H groups in total. The number of aliphatic hydroxyl groups excluding tert-OH is 1. The van der Waals surface area contributed by atoms with Gasteiger partial charge in [0.2, 0.25) is 5.24 Å². The van der Waals surface area contributed by atoms with Crippen LogP contribution in [0.1, 0.15) is 87.5 Å². The quantitative estimate of drug-likeness (QED) is 0.156. The van der Waals surface area contributed by atoms with Gasteiger partial charge in [0.25, 0.3) is 0 Å². The first-order valence-electron chi connectivity index (χ1n) is 14.9. The van der Waals surface area contributed by atoms with Crippen LogP contribution in [-0.4, -0.2) is 52.7 Å². The zero-order valence-electron chi connectivity index (χ0n) is 26.7. The van der Waals surface area contributed by atoms with Crippen LogP contribution in [-0.2, 0) is 46.6 Å². The Morgan fingerprint density at radius 1 is 0.778 bits per heavy atom. The fraction of sp³-hybridized carbons (Fsp3) is 0.529. The molecule has 0 aliphatic heterocycles. The highest BCUT2D eigenvalue weighted by atomic mass is 35.5. The molecule has 2 aliphatic rings. The van der Waals surface area contributed by atoms with Gasteiger partial charge in [-0.05, 0) is 84.2 Å². The smallest absolute Gasteiger partial charge is 0.309 e. The van der Waals surface area contributed by atoms with Crippen molar-refractivity contribution in [2.24, 2.45) is 23.7 Å². The number of phenols is 2. The average Bonchev–Trinajstić information content (AvgIpc) is 3.92. The summed E-state index contributed by atoms with van der Waals surface area (Å²) < 4.78 is 14.6. The predicted octanol–water partition coefficient (Wildman–Crippen LogP) is 5.72. The number of rotatable bonds is 11. The van der Waals surface area contributed by atoms with Crippen molar-refractivity contribution in [3.05, 3.63) is 58.7 Å². The molecule has 0 unspecified atom stereocenters.